The highest BCUT2D eigenvalue weighted by Crippen LogP contribution is 2.40. The number of rotatable bonds is 7. The molecule has 3 fully saturated rings. The van der Waals surface area contributed by atoms with Crippen LogP contribution in [0.2, 0.25) is 0 Å². The Morgan fingerprint density at radius 3 is 2.57 bits per heavy atom. The van der Waals surface area contributed by atoms with Crippen LogP contribution in [-0.4, -0.2) is 54.4 Å². The third-order valence-electron chi connectivity index (χ3n) is 8.27. The van der Waals surface area contributed by atoms with Gasteiger partial charge in [-0.05, 0) is 50.7 Å². The molecule has 0 radical (unpaired) electrons. The maximum absolute atomic E-state index is 13.2. The molecular weight excluding hydrogens is 466 g/mol. The summed E-state index contributed by atoms with van der Waals surface area (Å²) >= 11 is 0. The van der Waals surface area contributed by atoms with Crippen LogP contribution in [0.25, 0.3) is 11.3 Å². The molecule has 1 saturated heterocycles. The van der Waals surface area contributed by atoms with E-state index in [9.17, 15) is 9.90 Å². The topological polar surface area (TPSA) is 109 Å². The molecule has 3 aliphatic rings. The molecule has 3 aromatic rings. The van der Waals surface area contributed by atoms with Crippen LogP contribution in [0.4, 0.5) is 11.6 Å². The molecule has 3 aromatic heterocycles. The van der Waals surface area contributed by atoms with E-state index in [1.54, 1.807) is 6.07 Å². The SMILES string of the molecule is C[C@@H]1CN(c2cc(NC(=O)c3cccc(-c4cnn(CC5CC5)c4)n3)nc(C3CC3)n2)C[C@H](C)C1(C)O. The van der Waals surface area contributed by atoms with Gasteiger partial charge in [0.15, 0.2) is 0 Å². The smallest absolute Gasteiger partial charge is 0.275 e. The number of carbonyl (C=O) groups is 1. The highest BCUT2D eigenvalue weighted by molar-refractivity contribution is 6.02. The molecule has 0 bridgehead atoms. The number of nitrogens with one attached hydrogen (secondary N) is 1. The van der Waals surface area contributed by atoms with Gasteiger partial charge in [0.25, 0.3) is 5.91 Å². The third-order valence-corrected chi connectivity index (χ3v) is 8.27. The quantitative estimate of drug-likeness (QED) is 0.501. The maximum atomic E-state index is 13.2. The second-order valence-corrected chi connectivity index (χ2v) is 11.4. The third kappa shape index (κ3) is 5.09. The zero-order chi connectivity index (χ0) is 25.7. The first-order valence-corrected chi connectivity index (χ1v) is 13.4. The molecule has 2 aliphatic carbocycles. The van der Waals surface area contributed by atoms with E-state index in [2.05, 4.69) is 39.1 Å². The van der Waals surface area contributed by atoms with Crippen LogP contribution in [0, 0.1) is 17.8 Å². The lowest BCUT2D eigenvalue weighted by atomic mass is 9.76. The van der Waals surface area contributed by atoms with Crippen molar-refractivity contribution in [2.24, 2.45) is 17.8 Å². The van der Waals surface area contributed by atoms with Crippen molar-refractivity contribution < 1.29 is 9.90 Å². The van der Waals surface area contributed by atoms with Gasteiger partial charge < -0.3 is 15.3 Å². The minimum Gasteiger partial charge on any atom is -0.389 e. The summed E-state index contributed by atoms with van der Waals surface area (Å²) in [6.07, 6.45) is 8.48. The predicted molar refractivity (Wildman–Crippen MR) is 141 cm³/mol. The lowest BCUT2D eigenvalue weighted by Gasteiger charge is -2.46. The second kappa shape index (κ2) is 9.20. The molecule has 3 atom stereocenters. The number of amides is 1. The fourth-order valence-corrected chi connectivity index (χ4v) is 5.04. The molecule has 194 valence electrons. The Morgan fingerprint density at radius 2 is 1.86 bits per heavy atom. The van der Waals surface area contributed by atoms with Crippen molar-refractivity contribution in [2.45, 2.75) is 64.5 Å². The van der Waals surface area contributed by atoms with Gasteiger partial charge in [0.05, 0.1) is 17.5 Å². The van der Waals surface area contributed by atoms with Gasteiger partial charge in [-0.2, -0.15) is 5.10 Å². The van der Waals surface area contributed by atoms with Crippen molar-refractivity contribution in [2.75, 3.05) is 23.3 Å². The van der Waals surface area contributed by atoms with Crippen LogP contribution in [0.15, 0.2) is 36.7 Å². The lowest BCUT2D eigenvalue weighted by molar-refractivity contribution is -0.0504. The molecule has 0 spiro atoms. The molecular formula is C28H35N7O2. The Hall–Kier alpha value is -3.33. The fourth-order valence-electron chi connectivity index (χ4n) is 5.04. The number of pyridine rings is 1. The van der Waals surface area contributed by atoms with Crippen LogP contribution in [-0.2, 0) is 6.54 Å². The van der Waals surface area contributed by atoms with E-state index in [1.165, 1.54) is 12.8 Å². The molecule has 0 aromatic carbocycles. The van der Waals surface area contributed by atoms with Gasteiger partial charge in [0.1, 0.15) is 23.2 Å². The molecule has 1 unspecified atom stereocenters. The Morgan fingerprint density at radius 1 is 1.11 bits per heavy atom. The number of aliphatic hydroxyl groups is 1. The molecule has 2 N–H and O–H groups in total. The van der Waals surface area contributed by atoms with E-state index >= 15 is 0 Å². The number of carbonyl (C=O) groups excluding carboxylic acids is 1. The van der Waals surface area contributed by atoms with Gasteiger partial charge >= 0.3 is 0 Å². The largest absolute Gasteiger partial charge is 0.389 e. The summed E-state index contributed by atoms with van der Waals surface area (Å²) in [6.45, 7) is 8.39. The van der Waals surface area contributed by atoms with Crippen molar-refractivity contribution in [3.63, 3.8) is 0 Å². The van der Waals surface area contributed by atoms with Crippen LogP contribution in [0.1, 0.15) is 68.7 Å². The number of piperidine rings is 1. The predicted octanol–water partition coefficient (Wildman–Crippen LogP) is 4.12. The molecule has 37 heavy (non-hydrogen) atoms. The highest BCUT2D eigenvalue weighted by Gasteiger charge is 2.41. The average molecular weight is 502 g/mol. The van der Waals surface area contributed by atoms with E-state index in [1.807, 2.05) is 42.2 Å². The van der Waals surface area contributed by atoms with Gasteiger partial charge in [-0.25, -0.2) is 15.0 Å². The minimum absolute atomic E-state index is 0.0919. The summed E-state index contributed by atoms with van der Waals surface area (Å²) in [4.78, 5) is 29.6. The Bertz CT molecular complexity index is 1300. The molecule has 2 saturated carbocycles. The van der Waals surface area contributed by atoms with Crippen LogP contribution < -0.4 is 10.2 Å². The van der Waals surface area contributed by atoms with Gasteiger partial charge in [-0.1, -0.05) is 19.9 Å². The summed E-state index contributed by atoms with van der Waals surface area (Å²) < 4.78 is 1.96. The minimum atomic E-state index is -0.717. The summed E-state index contributed by atoms with van der Waals surface area (Å²) in [5.41, 5.74) is 1.24. The fraction of sp³-hybridized carbons (Fsp3) is 0.536. The monoisotopic (exact) mass is 501 g/mol. The molecule has 6 rings (SSSR count). The van der Waals surface area contributed by atoms with Crippen molar-refractivity contribution in [3.8, 4) is 11.3 Å². The Kier molecular flexibility index (Phi) is 5.98. The van der Waals surface area contributed by atoms with Gasteiger partial charge in [0.2, 0.25) is 0 Å². The van der Waals surface area contributed by atoms with E-state index in [-0.39, 0.29) is 17.7 Å². The van der Waals surface area contributed by atoms with Crippen LogP contribution in [0.5, 0.6) is 0 Å². The average Bonchev–Trinajstić information content (AvgIpc) is 3.81. The zero-order valence-electron chi connectivity index (χ0n) is 21.8. The number of anilines is 2. The highest BCUT2D eigenvalue weighted by atomic mass is 16.3. The summed E-state index contributed by atoms with van der Waals surface area (Å²) in [6, 6.07) is 7.30. The summed E-state index contributed by atoms with van der Waals surface area (Å²) in [7, 11) is 0. The zero-order valence-corrected chi connectivity index (χ0v) is 21.8. The van der Waals surface area contributed by atoms with Crippen molar-refractivity contribution in [3.05, 3.63) is 48.2 Å². The standard InChI is InChI=1S/C28H35N7O2/c1-17-13-34(14-18(2)28(17,3)37)25-11-24(31-26(33-25)20-9-10-20)32-27(36)23-6-4-5-22(30-23)21-12-29-35(16-21)15-19-7-8-19/h4-6,11-12,16-20,37H,7-10,13-15H2,1-3H3,(H,31,32,33,36)/t17-,18+,28?. The summed E-state index contributed by atoms with van der Waals surface area (Å²) in [5.74, 6) is 3.01. The van der Waals surface area contributed by atoms with Crippen molar-refractivity contribution in [1.82, 2.24) is 24.7 Å². The van der Waals surface area contributed by atoms with E-state index in [4.69, 9.17) is 4.98 Å². The number of hydrogen-bond donors (Lipinski definition) is 2. The first-order chi connectivity index (χ1) is 17.8. The van der Waals surface area contributed by atoms with E-state index in [0.717, 1.165) is 48.2 Å². The molecule has 1 aliphatic heterocycles. The van der Waals surface area contributed by atoms with Gasteiger partial charge in [-0.3, -0.25) is 9.48 Å². The number of aromatic nitrogens is 5. The lowest BCUT2D eigenvalue weighted by Crippen LogP contribution is -2.55. The maximum Gasteiger partial charge on any atom is 0.275 e. The number of nitrogens with zero attached hydrogens (tertiary/aromatic N) is 6. The van der Waals surface area contributed by atoms with Gasteiger partial charge in [-0.15, -0.1) is 0 Å². The Labute approximate surface area is 217 Å². The normalized spacial score (nSPS) is 25.8. The van der Waals surface area contributed by atoms with Crippen molar-refractivity contribution >= 4 is 17.5 Å². The van der Waals surface area contributed by atoms with Crippen LogP contribution in [0.3, 0.4) is 0 Å². The Balaban J connectivity index is 1.22. The van der Waals surface area contributed by atoms with Crippen molar-refractivity contribution in [1.29, 1.82) is 0 Å². The summed E-state index contributed by atoms with van der Waals surface area (Å²) in [5, 5.41) is 18.3. The van der Waals surface area contributed by atoms with E-state index < -0.39 is 5.60 Å². The van der Waals surface area contributed by atoms with Crippen LogP contribution >= 0.6 is 0 Å². The van der Waals surface area contributed by atoms with Gasteiger partial charge in [0, 0.05) is 55.2 Å². The first kappa shape index (κ1) is 24.0. The second-order valence-electron chi connectivity index (χ2n) is 11.4. The first-order valence-electron chi connectivity index (χ1n) is 13.4. The van der Waals surface area contributed by atoms with E-state index in [0.29, 0.717) is 30.5 Å². The molecule has 1 amide bonds. The molecule has 9 nitrogen and oxygen atoms in total. The molecule has 9 heteroatoms. The molecule has 4 heterocycles. The number of hydrogen-bond acceptors (Lipinski definition) is 7.